The summed E-state index contributed by atoms with van der Waals surface area (Å²) in [6, 6.07) is 16.6. The number of halogens is 1. The number of carbonyl (C=O) groups excluding carboxylic acids is 2. The topological polar surface area (TPSA) is 52.7 Å². The summed E-state index contributed by atoms with van der Waals surface area (Å²) in [6.07, 6.45) is 0.438. The van der Waals surface area contributed by atoms with Crippen LogP contribution in [0.3, 0.4) is 0 Å². The largest absolute Gasteiger partial charge is 0.336 e. The Bertz CT molecular complexity index is 759. The summed E-state index contributed by atoms with van der Waals surface area (Å²) in [5.74, 6) is -0.0251. The Hall–Kier alpha value is -2.37. The minimum Gasteiger partial charge on any atom is -0.336 e. The monoisotopic (exact) mass is 371 g/mol. The van der Waals surface area contributed by atoms with Gasteiger partial charge in [-0.1, -0.05) is 41.9 Å². The molecule has 0 aromatic heterocycles. The van der Waals surface area contributed by atoms with Gasteiger partial charge in [-0.3, -0.25) is 14.5 Å². The average Bonchev–Trinajstić information content (AvgIpc) is 2.67. The molecule has 1 saturated heterocycles. The lowest BCUT2D eigenvalue weighted by molar-refractivity contribution is -0.116. The fourth-order valence-corrected chi connectivity index (χ4v) is 3.20. The maximum atomic E-state index is 12.6. The quantitative estimate of drug-likeness (QED) is 0.878. The Balaban J connectivity index is 1.43. The van der Waals surface area contributed by atoms with Gasteiger partial charge in [0.25, 0.3) is 5.91 Å². The summed E-state index contributed by atoms with van der Waals surface area (Å²) in [4.78, 5) is 28.6. The molecule has 0 atom stereocenters. The predicted molar refractivity (Wildman–Crippen MR) is 103 cm³/mol. The van der Waals surface area contributed by atoms with Gasteiger partial charge >= 0.3 is 0 Å². The predicted octanol–water partition coefficient (Wildman–Crippen LogP) is 3.13. The van der Waals surface area contributed by atoms with Gasteiger partial charge in [-0.2, -0.15) is 0 Å². The fraction of sp³-hybridized carbons (Fsp3) is 0.300. The number of hydrogen-bond donors (Lipinski definition) is 1. The maximum absolute atomic E-state index is 12.6. The third kappa shape index (κ3) is 4.84. The van der Waals surface area contributed by atoms with Crippen molar-refractivity contribution in [2.45, 2.75) is 6.42 Å². The van der Waals surface area contributed by atoms with Crippen molar-refractivity contribution in [3.05, 3.63) is 65.2 Å². The van der Waals surface area contributed by atoms with E-state index in [9.17, 15) is 9.59 Å². The summed E-state index contributed by atoms with van der Waals surface area (Å²) in [5, 5.41) is 3.38. The molecule has 2 amide bonds. The number of amides is 2. The van der Waals surface area contributed by atoms with Gasteiger partial charge in [-0.05, 0) is 24.3 Å². The molecule has 3 rings (SSSR count). The number of piperazine rings is 1. The fourth-order valence-electron chi connectivity index (χ4n) is 2.98. The van der Waals surface area contributed by atoms with Gasteiger partial charge in [0.15, 0.2) is 0 Å². The standard InChI is InChI=1S/C20H22ClN3O2/c21-18-9-5-4-8-17(18)20(26)24-14-12-23(13-15-24)11-10-19(25)22-16-6-2-1-3-7-16/h1-9H,10-15H2,(H,22,25). The lowest BCUT2D eigenvalue weighted by Crippen LogP contribution is -2.49. The second-order valence-electron chi connectivity index (χ2n) is 6.28. The summed E-state index contributed by atoms with van der Waals surface area (Å²) in [5.41, 5.74) is 1.36. The second-order valence-corrected chi connectivity index (χ2v) is 6.69. The summed E-state index contributed by atoms with van der Waals surface area (Å²) < 4.78 is 0. The molecule has 1 N–H and O–H groups in total. The van der Waals surface area contributed by atoms with Crippen molar-refractivity contribution in [3.8, 4) is 0 Å². The van der Waals surface area contributed by atoms with Crippen LogP contribution < -0.4 is 5.32 Å². The van der Waals surface area contributed by atoms with Crippen molar-refractivity contribution in [2.75, 3.05) is 38.0 Å². The van der Waals surface area contributed by atoms with Gasteiger partial charge < -0.3 is 10.2 Å². The van der Waals surface area contributed by atoms with Crippen LogP contribution in [0.15, 0.2) is 54.6 Å². The molecule has 0 radical (unpaired) electrons. The molecule has 1 heterocycles. The number of nitrogens with one attached hydrogen (secondary N) is 1. The van der Waals surface area contributed by atoms with Crippen molar-refractivity contribution in [3.63, 3.8) is 0 Å². The number of benzene rings is 2. The van der Waals surface area contributed by atoms with E-state index in [1.165, 1.54) is 0 Å². The van der Waals surface area contributed by atoms with Gasteiger partial charge in [-0.25, -0.2) is 0 Å². The highest BCUT2D eigenvalue weighted by Gasteiger charge is 2.23. The van der Waals surface area contributed by atoms with Crippen LogP contribution >= 0.6 is 11.6 Å². The summed E-state index contributed by atoms with van der Waals surface area (Å²) in [6.45, 7) is 3.49. The lowest BCUT2D eigenvalue weighted by atomic mass is 10.1. The van der Waals surface area contributed by atoms with Crippen LogP contribution in [0.25, 0.3) is 0 Å². The molecular weight excluding hydrogens is 350 g/mol. The van der Waals surface area contributed by atoms with Crippen LogP contribution in [0.2, 0.25) is 5.02 Å². The molecule has 2 aromatic carbocycles. The molecule has 1 aliphatic rings. The van der Waals surface area contributed by atoms with Crippen molar-refractivity contribution in [1.82, 2.24) is 9.80 Å². The molecule has 0 unspecified atom stereocenters. The number of nitrogens with zero attached hydrogens (tertiary/aromatic N) is 2. The van der Waals surface area contributed by atoms with Crippen LogP contribution in [-0.4, -0.2) is 54.3 Å². The third-order valence-electron chi connectivity index (χ3n) is 4.48. The molecule has 0 bridgehead atoms. The van der Waals surface area contributed by atoms with Crippen LogP contribution in [0, 0.1) is 0 Å². The minimum atomic E-state index is -0.0305. The molecule has 136 valence electrons. The number of para-hydroxylation sites is 1. The molecule has 1 fully saturated rings. The molecule has 2 aromatic rings. The Morgan fingerprint density at radius 2 is 1.58 bits per heavy atom. The zero-order valence-corrected chi connectivity index (χ0v) is 15.3. The van der Waals surface area contributed by atoms with E-state index in [0.717, 1.165) is 18.8 Å². The molecule has 26 heavy (non-hydrogen) atoms. The van der Waals surface area contributed by atoms with Crippen LogP contribution in [0.1, 0.15) is 16.8 Å². The Morgan fingerprint density at radius 1 is 0.923 bits per heavy atom. The first-order valence-electron chi connectivity index (χ1n) is 8.74. The summed E-state index contributed by atoms with van der Waals surface area (Å²) in [7, 11) is 0. The van der Waals surface area contributed by atoms with Crippen molar-refractivity contribution in [1.29, 1.82) is 0 Å². The van der Waals surface area contributed by atoms with Gasteiger partial charge in [0.05, 0.1) is 10.6 Å². The van der Waals surface area contributed by atoms with Crippen LogP contribution in [0.4, 0.5) is 5.69 Å². The van der Waals surface area contributed by atoms with E-state index in [1.54, 1.807) is 12.1 Å². The average molecular weight is 372 g/mol. The number of anilines is 1. The van der Waals surface area contributed by atoms with Crippen molar-refractivity contribution >= 4 is 29.1 Å². The summed E-state index contributed by atoms with van der Waals surface area (Å²) >= 11 is 6.12. The number of hydrogen-bond acceptors (Lipinski definition) is 3. The van der Waals surface area contributed by atoms with Crippen molar-refractivity contribution < 1.29 is 9.59 Å². The molecule has 0 spiro atoms. The Kier molecular flexibility index (Phi) is 6.26. The first-order chi connectivity index (χ1) is 12.6. The van der Waals surface area contributed by atoms with Gasteiger partial charge in [0.1, 0.15) is 0 Å². The zero-order valence-electron chi connectivity index (χ0n) is 14.5. The smallest absolute Gasteiger partial charge is 0.255 e. The first kappa shape index (κ1) is 18.4. The van der Waals surface area contributed by atoms with Crippen molar-refractivity contribution in [2.24, 2.45) is 0 Å². The number of carbonyl (C=O) groups is 2. The highest BCUT2D eigenvalue weighted by atomic mass is 35.5. The van der Waals surface area contributed by atoms with Gasteiger partial charge in [0.2, 0.25) is 5.91 Å². The Labute approximate surface area is 158 Å². The normalized spacial score (nSPS) is 14.9. The van der Waals surface area contributed by atoms with E-state index in [1.807, 2.05) is 47.4 Å². The molecule has 5 nitrogen and oxygen atoms in total. The zero-order chi connectivity index (χ0) is 18.4. The molecule has 0 aliphatic carbocycles. The number of rotatable bonds is 5. The van der Waals surface area contributed by atoms with E-state index >= 15 is 0 Å². The Morgan fingerprint density at radius 3 is 2.27 bits per heavy atom. The molecule has 6 heteroatoms. The molecular formula is C20H22ClN3O2. The molecule has 1 aliphatic heterocycles. The highest BCUT2D eigenvalue weighted by molar-refractivity contribution is 6.33. The molecule has 0 saturated carbocycles. The van der Waals surface area contributed by atoms with E-state index < -0.39 is 0 Å². The second kappa shape index (κ2) is 8.83. The van der Waals surface area contributed by atoms with Gasteiger partial charge in [0, 0.05) is 44.8 Å². The van der Waals surface area contributed by atoms with E-state index in [2.05, 4.69) is 10.2 Å². The van der Waals surface area contributed by atoms with Crippen LogP contribution in [-0.2, 0) is 4.79 Å². The lowest BCUT2D eigenvalue weighted by Gasteiger charge is -2.34. The third-order valence-corrected chi connectivity index (χ3v) is 4.81. The highest BCUT2D eigenvalue weighted by Crippen LogP contribution is 2.18. The van der Waals surface area contributed by atoms with E-state index in [-0.39, 0.29) is 11.8 Å². The maximum Gasteiger partial charge on any atom is 0.255 e. The van der Waals surface area contributed by atoms with Gasteiger partial charge in [-0.15, -0.1) is 0 Å². The minimum absolute atomic E-state index is 0.00535. The van der Waals surface area contributed by atoms with E-state index in [4.69, 9.17) is 11.6 Å². The van der Waals surface area contributed by atoms with Crippen LogP contribution in [0.5, 0.6) is 0 Å². The first-order valence-corrected chi connectivity index (χ1v) is 9.12. The van der Waals surface area contributed by atoms with E-state index in [0.29, 0.717) is 36.6 Å². The SMILES string of the molecule is O=C(CCN1CCN(C(=O)c2ccccc2Cl)CC1)Nc1ccccc1.